The maximum atomic E-state index is 12.5. The molecule has 0 aromatic heterocycles. The number of allylic oxidation sites excluding steroid dienone is 2. The Kier molecular flexibility index (Phi) is 3.69. The van der Waals surface area contributed by atoms with Crippen molar-refractivity contribution >= 4 is 10.0 Å². The molecule has 1 fully saturated rings. The third-order valence-electron chi connectivity index (χ3n) is 4.59. The van der Waals surface area contributed by atoms with Crippen molar-refractivity contribution in [2.24, 2.45) is 11.8 Å². The molecule has 2 bridgehead atoms. The zero-order chi connectivity index (χ0) is 14.2. The van der Waals surface area contributed by atoms with Crippen LogP contribution in [0, 0.1) is 18.8 Å². The SMILES string of the molecule is Cc1ccc(S(=O)(=O)NC2C3CC=CCC2CC3)cc1. The molecule has 20 heavy (non-hydrogen) atoms. The fraction of sp³-hybridized carbons (Fsp3) is 0.500. The van der Waals surface area contributed by atoms with Crippen molar-refractivity contribution in [1.82, 2.24) is 4.72 Å². The summed E-state index contributed by atoms with van der Waals surface area (Å²) in [7, 11) is -3.40. The predicted molar refractivity (Wildman–Crippen MR) is 79.9 cm³/mol. The van der Waals surface area contributed by atoms with Gasteiger partial charge in [-0.1, -0.05) is 29.8 Å². The molecule has 1 N–H and O–H groups in total. The van der Waals surface area contributed by atoms with Crippen LogP contribution in [-0.2, 0) is 10.0 Å². The van der Waals surface area contributed by atoms with Gasteiger partial charge in [-0.3, -0.25) is 0 Å². The molecule has 1 aromatic carbocycles. The highest BCUT2D eigenvalue weighted by Crippen LogP contribution is 2.39. The van der Waals surface area contributed by atoms with Crippen LogP contribution in [0.4, 0.5) is 0 Å². The van der Waals surface area contributed by atoms with Crippen LogP contribution < -0.4 is 4.72 Å². The maximum Gasteiger partial charge on any atom is 0.240 e. The van der Waals surface area contributed by atoms with E-state index in [1.54, 1.807) is 12.1 Å². The lowest BCUT2D eigenvalue weighted by molar-refractivity contribution is 0.389. The van der Waals surface area contributed by atoms with Crippen LogP contribution in [0.15, 0.2) is 41.3 Å². The summed E-state index contributed by atoms with van der Waals surface area (Å²) in [5.74, 6) is 0.915. The molecule has 0 spiro atoms. The maximum absolute atomic E-state index is 12.5. The van der Waals surface area contributed by atoms with Crippen LogP contribution >= 0.6 is 0 Å². The normalized spacial score (nSPS) is 29.4. The minimum atomic E-state index is -3.40. The molecule has 4 heteroatoms. The standard InChI is InChI=1S/C16H21NO2S/c1-12-6-10-15(11-7-12)20(18,19)17-16-13-4-2-3-5-14(16)9-8-13/h2-3,6-7,10-11,13-14,16-17H,4-5,8-9H2,1H3. The molecule has 2 unspecified atom stereocenters. The lowest BCUT2D eigenvalue weighted by Crippen LogP contribution is -2.40. The van der Waals surface area contributed by atoms with Gasteiger partial charge in [0.05, 0.1) is 4.90 Å². The molecule has 2 aliphatic carbocycles. The number of sulfonamides is 1. The molecule has 0 saturated heterocycles. The van der Waals surface area contributed by atoms with Crippen LogP contribution in [-0.4, -0.2) is 14.5 Å². The molecule has 2 aliphatic rings. The molecule has 1 aromatic rings. The molecule has 108 valence electrons. The smallest absolute Gasteiger partial charge is 0.207 e. The highest BCUT2D eigenvalue weighted by atomic mass is 32.2. The van der Waals surface area contributed by atoms with Crippen molar-refractivity contribution in [2.75, 3.05) is 0 Å². The van der Waals surface area contributed by atoms with Gasteiger partial charge in [0.25, 0.3) is 0 Å². The first-order valence-electron chi connectivity index (χ1n) is 7.30. The van der Waals surface area contributed by atoms with Crippen molar-refractivity contribution in [2.45, 2.75) is 43.5 Å². The summed E-state index contributed by atoms with van der Waals surface area (Å²) in [4.78, 5) is 0.375. The minimum Gasteiger partial charge on any atom is -0.207 e. The molecule has 3 rings (SSSR count). The quantitative estimate of drug-likeness (QED) is 0.870. The van der Waals surface area contributed by atoms with E-state index < -0.39 is 10.0 Å². The van der Waals surface area contributed by atoms with Gasteiger partial charge in [0.1, 0.15) is 0 Å². The molecule has 0 aliphatic heterocycles. The highest BCUT2D eigenvalue weighted by molar-refractivity contribution is 7.89. The third kappa shape index (κ3) is 2.67. The van der Waals surface area contributed by atoms with E-state index in [4.69, 9.17) is 0 Å². The Morgan fingerprint density at radius 1 is 1.00 bits per heavy atom. The first-order chi connectivity index (χ1) is 9.56. The van der Waals surface area contributed by atoms with Gasteiger partial charge in [0.2, 0.25) is 10.0 Å². The van der Waals surface area contributed by atoms with Gasteiger partial charge < -0.3 is 0 Å². The van der Waals surface area contributed by atoms with Gasteiger partial charge in [0.15, 0.2) is 0 Å². The molecule has 0 heterocycles. The van der Waals surface area contributed by atoms with Crippen molar-refractivity contribution in [1.29, 1.82) is 0 Å². The Bertz CT molecular complexity index is 588. The summed E-state index contributed by atoms with van der Waals surface area (Å²) in [6.07, 6.45) is 8.68. The van der Waals surface area contributed by atoms with E-state index in [0.717, 1.165) is 31.2 Å². The fourth-order valence-electron chi connectivity index (χ4n) is 3.40. The Hall–Kier alpha value is -1.13. The lowest BCUT2D eigenvalue weighted by Gasteiger charge is -2.23. The highest BCUT2D eigenvalue weighted by Gasteiger charge is 2.38. The lowest BCUT2D eigenvalue weighted by atomic mass is 9.97. The van der Waals surface area contributed by atoms with Gasteiger partial charge in [-0.15, -0.1) is 0 Å². The number of rotatable bonds is 3. The van der Waals surface area contributed by atoms with Crippen molar-refractivity contribution in [3.63, 3.8) is 0 Å². The van der Waals surface area contributed by atoms with E-state index in [-0.39, 0.29) is 6.04 Å². The van der Waals surface area contributed by atoms with Crippen LogP contribution in [0.2, 0.25) is 0 Å². The number of benzene rings is 1. The molecular formula is C16H21NO2S. The van der Waals surface area contributed by atoms with Gasteiger partial charge in [-0.05, 0) is 56.6 Å². The Morgan fingerprint density at radius 3 is 2.10 bits per heavy atom. The number of fused-ring (bicyclic) bond motifs is 2. The minimum absolute atomic E-state index is 0.0938. The van der Waals surface area contributed by atoms with E-state index in [2.05, 4.69) is 16.9 Å². The van der Waals surface area contributed by atoms with E-state index in [1.807, 2.05) is 19.1 Å². The van der Waals surface area contributed by atoms with Crippen LogP contribution in [0.1, 0.15) is 31.2 Å². The van der Waals surface area contributed by atoms with Crippen LogP contribution in [0.25, 0.3) is 0 Å². The van der Waals surface area contributed by atoms with E-state index >= 15 is 0 Å². The second-order valence-corrected chi connectivity index (χ2v) is 7.71. The second-order valence-electron chi connectivity index (χ2n) is 6.00. The summed E-state index contributed by atoms with van der Waals surface area (Å²) in [6.45, 7) is 1.96. The van der Waals surface area contributed by atoms with Crippen LogP contribution in [0.3, 0.4) is 0 Å². The number of hydrogen-bond donors (Lipinski definition) is 1. The molecule has 0 radical (unpaired) electrons. The monoisotopic (exact) mass is 291 g/mol. The Balaban J connectivity index is 1.81. The van der Waals surface area contributed by atoms with Crippen LogP contribution in [0.5, 0.6) is 0 Å². The number of hydrogen-bond acceptors (Lipinski definition) is 2. The molecule has 1 saturated carbocycles. The fourth-order valence-corrected chi connectivity index (χ4v) is 4.77. The summed E-state index contributed by atoms with van der Waals surface area (Å²) < 4.78 is 28.0. The van der Waals surface area contributed by atoms with Gasteiger partial charge in [-0.25, -0.2) is 13.1 Å². The van der Waals surface area contributed by atoms with E-state index in [1.165, 1.54) is 0 Å². The van der Waals surface area contributed by atoms with E-state index in [0.29, 0.717) is 16.7 Å². The average Bonchev–Trinajstić information content (AvgIpc) is 2.62. The Morgan fingerprint density at radius 2 is 1.55 bits per heavy atom. The zero-order valence-corrected chi connectivity index (χ0v) is 12.6. The first kappa shape index (κ1) is 13.8. The van der Waals surface area contributed by atoms with Gasteiger partial charge in [0, 0.05) is 6.04 Å². The first-order valence-corrected chi connectivity index (χ1v) is 8.78. The molecule has 2 atom stereocenters. The second kappa shape index (κ2) is 5.34. The topological polar surface area (TPSA) is 46.2 Å². The molecule has 3 nitrogen and oxygen atoms in total. The van der Waals surface area contributed by atoms with Crippen molar-refractivity contribution < 1.29 is 8.42 Å². The summed E-state index contributed by atoms with van der Waals surface area (Å²) >= 11 is 0. The van der Waals surface area contributed by atoms with E-state index in [9.17, 15) is 8.42 Å². The van der Waals surface area contributed by atoms with Crippen molar-refractivity contribution in [3.05, 3.63) is 42.0 Å². The number of nitrogens with one attached hydrogen (secondary N) is 1. The molecular weight excluding hydrogens is 270 g/mol. The summed E-state index contributed by atoms with van der Waals surface area (Å²) in [5, 5.41) is 0. The summed E-state index contributed by atoms with van der Waals surface area (Å²) in [6, 6.07) is 7.16. The largest absolute Gasteiger partial charge is 0.240 e. The average molecular weight is 291 g/mol. The summed E-state index contributed by atoms with van der Waals surface area (Å²) in [5.41, 5.74) is 1.07. The molecule has 0 amide bonds. The third-order valence-corrected chi connectivity index (χ3v) is 6.07. The van der Waals surface area contributed by atoms with Crippen molar-refractivity contribution in [3.8, 4) is 0 Å². The Labute approximate surface area is 121 Å². The van der Waals surface area contributed by atoms with Gasteiger partial charge >= 0.3 is 0 Å². The zero-order valence-electron chi connectivity index (χ0n) is 11.7. The van der Waals surface area contributed by atoms with Gasteiger partial charge in [-0.2, -0.15) is 0 Å². The number of aryl methyl sites for hydroxylation is 1. The predicted octanol–water partition coefficient (Wildman–Crippen LogP) is 3.02.